The van der Waals surface area contributed by atoms with E-state index in [1.54, 1.807) is 0 Å². The van der Waals surface area contributed by atoms with Crippen LogP contribution in [-0.2, 0) is 13.1 Å². The predicted octanol–water partition coefficient (Wildman–Crippen LogP) is 3.05. The van der Waals surface area contributed by atoms with E-state index < -0.39 is 0 Å². The molecule has 136 valence electrons. The quantitative estimate of drug-likeness (QED) is 0.838. The SMILES string of the molecule is CCn1c(Cn2ccnc2)nnc1C1CCN(C2CCCCC2)CC1. The minimum Gasteiger partial charge on any atom is -0.330 e. The number of nitrogens with zero attached hydrogens (tertiary/aromatic N) is 6. The third kappa shape index (κ3) is 3.64. The first-order chi connectivity index (χ1) is 12.3. The molecule has 0 unspecified atom stereocenters. The van der Waals surface area contributed by atoms with Crippen molar-refractivity contribution < 1.29 is 0 Å². The van der Waals surface area contributed by atoms with E-state index in [0.717, 1.165) is 25.0 Å². The molecule has 4 rings (SSSR count). The van der Waals surface area contributed by atoms with Crippen LogP contribution in [0.4, 0.5) is 0 Å². The fraction of sp³-hybridized carbons (Fsp3) is 0.737. The first-order valence-electron chi connectivity index (χ1n) is 9.97. The van der Waals surface area contributed by atoms with Crippen molar-refractivity contribution in [3.8, 4) is 0 Å². The third-order valence-electron chi connectivity index (χ3n) is 6.04. The average molecular weight is 342 g/mol. The van der Waals surface area contributed by atoms with Crippen LogP contribution >= 0.6 is 0 Å². The third-order valence-corrected chi connectivity index (χ3v) is 6.04. The summed E-state index contributed by atoms with van der Waals surface area (Å²) in [4.78, 5) is 6.87. The van der Waals surface area contributed by atoms with Gasteiger partial charge in [-0.3, -0.25) is 0 Å². The van der Waals surface area contributed by atoms with E-state index in [1.807, 2.05) is 18.7 Å². The summed E-state index contributed by atoms with van der Waals surface area (Å²) < 4.78 is 4.38. The van der Waals surface area contributed by atoms with Gasteiger partial charge in [0, 0.05) is 30.9 Å². The lowest BCUT2D eigenvalue weighted by atomic mass is 9.90. The lowest BCUT2D eigenvalue weighted by Gasteiger charge is -2.39. The molecule has 0 aromatic carbocycles. The fourth-order valence-electron chi connectivity index (χ4n) is 4.63. The zero-order valence-corrected chi connectivity index (χ0v) is 15.3. The van der Waals surface area contributed by atoms with E-state index in [2.05, 4.69) is 36.1 Å². The van der Waals surface area contributed by atoms with Crippen molar-refractivity contribution in [2.24, 2.45) is 0 Å². The van der Waals surface area contributed by atoms with Crippen LogP contribution in [0.5, 0.6) is 0 Å². The average Bonchev–Trinajstić information content (AvgIpc) is 3.32. The molecule has 0 N–H and O–H groups in total. The lowest BCUT2D eigenvalue weighted by molar-refractivity contribution is 0.120. The van der Waals surface area contributed by atoms with Crippen molar-refractivity contribution in [2.75, 3.05) is 13.1 Å². The Morgan fingerprint density at radius 1 is 1.04 bits per heavy atom. The minimum absolute atomic E-state index is 0.559. The fourth-order valence-corrected chi connectivity index (χ4v) is 4.63. The second-order valence-corrected chi connectivity index (χ2v) is 7.56. The zero-order valence-electron chi connectivity index (χ0n) is 15.3. The summed E-state index contributed by atoms with van der Waals surface area (Å²) in [5, 5.41) is 9.09. The van der Waals surface area contributed by atoms with Crippen LogP contribution in [0.2, 0.25) is 0 Å². The summed E-state index contributed by atoms with van der Waals surface area (Å²) in [7, 11) is 0. The molecule has 0 amide bonds. The van der Waals surface area contributed by atoms with Gasteiger partial charge in [-0.05, 0) is 45.7 Å². The summed E-state index contributed by atoms with van der Waals surface area (Å²) in [5.74, 6) is 2.80. The molecule has 2 aromatic heterocycles. The normalized spacial score (nSPS) is 21.0. The highest BCUT2D eigenvalue weighted by atomic mass is 15.3. The predicted molar refractivity (Wildman–Crippen MR) is 97.4 cm³/mol. The number of rotatable bonds is 5. The van der Waals surface area contributed by atoms with Crippen molar-refractivity contribution in [1.82, 2.24) is 29.2 Å². The molecule has 6 nitrogen and oxygen atoms in total. The molecule has 25 heavy (non-hydrogen) atoms. The van der Waals surface area contributed by atoms with Crippen molar-refractivity contribution in [3.05, 3.63) is 30.4 Å². The topological polar surface area (TPSA) is 51.8 Å². The second-order valence-electron chi connectivity index (χ2n) is 7.56. The van der Waals surface area contributed by atoms with Gasteiger partial charge in [0.2, 0.25) is 0 Å². The Labute approximate surface area is 150 Å². The standard InChI is InChI=1S/C19H30N6/c1-2-25-18(14-23-13-10-20-15-23)21-22-19(25)16-8-11-24(12-9-16)17-6-4-3-5-7-17/h10,13,15-17H,2-9,11-12,14H2,1H3. The van der Waals surface area contributed by atoms with Gasteiger partial charge in [-0.15, -0.1) is 10.2 Å². The van der Waals surface area contributed by atoms with E-state index in [1.165, 1.54) is 63.9 Å². The maximum Gasteiger partial charge on any atom is 0.153 e. The Kier molecular flexibility index (Phi) is 5.15. The smallest absolute Gasteiger partial charge is 0.153 e. The van der Waals surface area contributed by atoms with E-state index >= 15 is 0 Å². The van der Waals surface area contributed by atoms with Crippen molar-refractivity contribution in [2.45, 2.75) is 76.9 Å². The molecule has 3 heterocycles. The van der Waals surface area contributed by atoms with E-state index in [9.17, 15) is 0 Å². The van der Waals surface area contributed by atoms with Gasteiger partial charge in [-0.1, -0.05) is 19.3 Å². The van der Waals surface area contributed by atoms with Crippen LogP contribution in [0.25, 0.3) is 0 Å². The van der Waals surface area contributed by atoms with Gasteiger partial charge in [-0.25, -0.2) is 4.98 Å². The van der Waals surface area contributed by atoms with Gasteiger partial charge >= 0.3 is 0 Å². The van der Waals surface area contributed by atoms with Crippen LogP contribution in [0, 0.1) is 0 Å². The molecule has 1 aliphatic heterocycles. The minimum atomic E-state index is 0.559. The number of hydrogen-bond acceptors (Lipinski definition) is 4. The summed E-state index contributed by atoms with van der Waals surface area (Å²) >= 11 is 0. The van der Waals surface area contributed by atoms with Gasteiger partial charge in [0.05, 0.1) is 12.9 Å². The summed E-state index contributed by atoms with van der Waals surface area (Å²) in [6.07, 6.45) is 15.2. The van der Waals surface area contributed by atoms with Crippen LogP contribution in [0.3, 0.4) is 0 Å². The molecular formula is C19H30N6. The van der Waals surface area contributed by atoms with E-state index in [4.69, 9.17) is 0 Å². The van der Waals surface area contributed by atoms with Crippen LogP contribution < -0.4 is 0 Å². The first-order valence-corrected chi connectivity index (χ1v) is 9.97. The van der Waals surface area contributed by atoms with Crippen LogP contribution in [-0.4, -0.2) is 48.3 Å². The zero-order chi connectivity index (χ0) is 17.1. The Bertz CT molecular complexity index is 648. The highest BCUT2D eigenvalue weighted by Gasteiger charge is 2.29. The maximum absolute atomic E-state index is 4.59. The number of hydrogen-bond donors (Lipinski definition) is 0. The Hall–Kier alpha value is -1.69. The Morgan fingerprint density at radius 3 is 2.52 bits per heavy atom. The van der Waals surface area contributed by atoms with Crippen LogP contribution in [0.15, 0.2) is 18.7 Å². The van der Waals surface area contributed by atoms with Gasteiger partial charge in [0.25, 0.3) is 0 Å². The molecule has 0 bridgehead atoms. The molecular weight excluding hydrogens is 312 g/mol. The summed E-state index contributed by atoms with van der Waals surface area (Å²) in [6.45, 7) is 6.34. The molecule has 2 fully saturated rings. The van der Waals surface area contributed by atoms with E-state index in [0.29, 0.717) is 5.92 Å². The Balaban J connectivity index is 1.41. The van der Waals surface area contributed by atoms with Crippen molar-refractivity contribution in [1.29, 1.82) is 0 Å². The van der Waals surface area contributed by atoms with Gasteiger partial charge < -0.3 is 14.0 Å². The molecule has 2 aliphatic rings. The molecule has 6 heteroatoms. The first kappa shape index (κ1) is 16.8. The molecule has 0 radical (unpaired) electrons. The molecule has 1 saturated heterocycles. The number of aromatic nitrogens is 5. The molecule has 0 spiro atoms. The van der Waals surface area contributed by atoms with Crippen molar-refractivity contribution >= 4 is 0 Å². The summed E-state index contributed by atoms with van der Waals surface area (Å²) in [5.41, 5.74) is 0. The Morgan fingerprint density at radius 2 is 1.84 bits per heavy atom. The molecule has 2 aromatic rings. The molecule has 0 atom stereocenters. The maximum atomic E-state index is 4.59. The number of likely N-dealkylation sites (tertiary alicyclic amines) is 1. The van der Waals surface area contributed by atoms with Gasteiger partial charge in [-0.2, -0.15) is 0 Å². The number of imidazole rings is 1. The highest BCUT2D eigenvalue weighted by molar-refractivity contribution is 5.05. The number of piperidine rings is 1. The molecule has 1 saturated carbocycles. The largest absolute Gasteiger partial charge is 0.330 e. The lowest BCUT2D eigenvalue weighted by Crippen LogP contribution is -2.42. The highest BCUT2D eigenvalue weighted by Crippen LogP contribution is 2.31. The second kappa shape index (κ2) is 7.68. The van der Waals surface area contributed by atoms with Crippen molar-refractivity contribution in [3.63, 3.8) is 0 Å². The van der Waals surface area contributed by atoms with Gasteiger partial charge in [0.15, 0.2) is 5.82 Å². The van der Waals surface area contributed by atoms with E-state index in [-0.39, 0.29) is 0 Å². The van der Waals surface area contributed by atoms with Crippen LogP contribution in [0.1, 0.15) is 69.4 Å². The monoisotopic (exact) mass is 342 g/mol. The van der Waals surface area contributed by atoms with Gasteiger partial charge in [0.1, 0.15) is 5.82 Å². The summed E-state index contributed by atoms with van der Waals surface area (Å²) in [6, 6.07) is 0.843. The molecule has 1 aliphatic carbocycles.